The molecule has 12 nitrogen and oxygen atoms in total. The lowest BCUT2D eigenvalue weighted by atomic mass is 10.3. The Kier molecular flexibility index (Phi) is 8.80. The molecule has 0 atom stereocenters. The Morgan fingerprint density at radius 1 is 1.12 bits per heavy atom. The van der Waals surface area contributed by atoms with Gasteiger partial charge in [0.25, 0.3) is 6.26 Å². The topological polar surface area (TPSA) is 182 Å². The first kappa shape index (κ1) is 13.4. The largest absolute Gasteiger partial charge is 0.717 e. The van der Waals surface area contributed by atoms with Crippen LogP contribution in [0, 0.1) is 11.5 Å². The van der Waals surface area contributed by atoms with Crippen LogP contribution < -0.4 is 0 Å². The molecule has 0 aliphatic carbocycles. The molecule has 2 heterocycles. The lowest BCUT2D eigenvalue weighted by Crippen LogP contribution is -2.12. The molecule has 0 aromatic carbocycles. The number of nitriles is 1. The second kappa shape index (κ2) is 10.5. The predicted octanol–water partition coefficient (Wildman–Crippen LogP) is -3.15. The van der Waals surface area contributed by atoms with E-state index in [-0.39, 0.29) is 0 Å². The number of nitrogens with one attached hydrogen (secondary N) is 2. The third-order valence-electron chi connectivity index (χ3n) is 0.697. The summed E-state index contributed by atoms with van der Waals surface area (Å²) in [7, 11) is -1.96. The highest BCUT2D eigenvalue weighted by atomic mass is 16.6. The van der Waals surface area contributed by atoms with Gasteiger partial charge < -0.3 is 14.7 Å². The summed E-state index contributed by atoms with van der Waals surface area (Å²) in [6, 6.07) is 0. The van der Waals surface area contributed by atoms with Gasteiger partial charge in [0.1, 0.15) is 0 Å². The highest BCUT2D eigenvalue weighted by molar-refractivity contribution is 6.33. The second-order valence-corrected chi connectivity index (χ2v) is 1.66. The Morgan fingerprint density at radius 3 is 1.69 bits per heavy atom. The fourth-order valence-corrected chi connectivity index (χ4v) is 0.305. The first-order valence-electron chi connectivity index (χ1n) is 3.51. The van der Waals surface area contributed by atoms with Gasteiger partial charge in [-0.3, -0.25) is 0 Å². The van der Waals surface area contributed by atoms with E-state index in [0.717, 1.165) is 6.26 Å². The molecule has 2 aromatic rings. The maximum Gasteiger partial charge on any atom is 0.717 e. The number of rotatable bonds is 1. The highest BCUT2D eigenvalue weighted by Crippen LogP contribution is 1.64. The quantitative estimate of drug-likeness (QED) is 0.286. The molecular formula is C3H6BN9O3. The van der Waals surface area contributed by atoms with Gasteiger partial charge in [0.05, 0.1) is 0 Å². The summed E-state index contributed by atoms with van der Waals surface area (Å²) < 4.78 is 3.46. The van der Waals surface area contributed by atoms with Gasteiger partial charge in [-0.05, 0) is 0 Å². The van der Waals surface area contributed by atoms with Crippen LogP contribution in [0.25, 0.3) is 0 Å². The molecule has 16 heavy (non-hydrogen) atoms. The predicted molar refractivity (Wildman–Crippen MR) is 45.2 cm³/mol. The Morgan fingerprint density at radius 2 is 1.62 bits per heavy atom. The van der Waals surface area contributed by atoms with Gasteiger partial charge in [-0.15, -0.1) is 20.4 Å². The van der Waals surface area contributed by atoms with E-state index in [0.29, 0.717) is 0 Å². The Balaban J connectivity index is 0.000000211. The van der Waals surface area contributed by atoms with Crippen LogP contribution in [0.1, 0.15) is 0 Å². The van der Waals surface area contributed by atoms with Crippen molar-refractivity contribution in [3.63, 3.8) is 0 Å². The minimum absolute atomic E-state index is 1.07. The van der Waals surface area contributed by atoms with Gasteiger partial charge in [0.15, 0.2) is 12.7 Å². The number of hydrogen-bond donors (Lipinski definition) is 4. The third kappa shape index (κ3) is 11.4. The van der Waals surface area contributed by atoms with Crippen LogP contribution in [0.5, 0.6) is 0 Å². The van der Waals surface area contributed by atoms with E-state index >= 15 is 0 Å². The van der Waals surface area contributed by atoms with Gasteiger partial charge in [0.2, 0.25) is 0 Å². The van der Waals surface area contributed by atoms with Crippen molar-refractivity contribution in [1.82, 2.24) is 41.2 Å². The fourth-order valence-electron chi connectivity index (χ4n) is 0.305. The molecule has 0 saturated carbocycles. The molecule has 0 radical (unpaired) electrons. The normalized spacial score (nSPS) is 7.31. The molecule has 0 amide bonds. The molecule has 0 spiro atoms. The Hall–Kier alpha value is -2.59. The summed E-state index contributed by atoms with van der Waals surface area (Å²) in [5, 5.41) is 47.1. The second-order valence-electron chi connectivity index (χ2n) is 1.66. The molecule has 0 bridgehead atoms. The monoisotopic (exact) mass is 227 g/mol. The summed E-state index contributed by atoms with van der Waals surface area (Å²) in [5.74, 6) is 0. The van der Waals surface area contributed by atoms with Crippen LogP contribution in [0.2, 0.25) is 0 Å². The van der Waals surface area contributed by atoms with Crippen molar-refractivity contribution in [1.29, 1.82) is 5.26 Å². The van der Waals surface area contributed by atoms with Crippen molar-refractivity contribution in [2.75, 3.05) is 0 Å². The van der Waals surface area contributed by atoms with Crippen LogP contribution >= 0.6 is 0 Å². The molecule has 0 aliphatic heterocycles. The zero-order valence-corrected chi connectivity index (χ0v) is 7.67. The molecule has 0 unspecified atom stereocenters. The summed E-state index contributed by atoms with van der Waals surface area (Å²) in [6.45, 7) is 0. The van der Waals surface area contributed by atoms with Crippen molar-refractivity contribution < 1.29 is 14.7 Å². The smallest absolute Gasteiger partial charge is 0.442 e. The van der Waals surface area contributed by atoms with Crippen molar-refractivity contribution in [2.24, 2.45) is 0 Å². The maximum atomic E-state index is 7.66. The van der Waals surface area contributed by atoms with Crippen LogP contribution in [0.15, 0.2) is 12.7 Å². The molecule has 84 valence electrons. The number of aromatic amines is 2. The van der Waals surface area contributed by atoms with Gasteiger partial charge in [-0.1, -0.05) is 10.4 Å². The average Bonchev–Trinajstić information content (AvgIpc) is 2.98. The third-order valence-corrected chi connectivity index (χ3v) is 0.697. The molecule has 2 rings (SSSR count). The van der Waals surface area contributed by atoms with Crippen LogP contribution in [0.4, 0.5) is 0 Å². The van der Waals surface area contributed by atoms with Crippen molar-refractivity contribution in [3.05, 3.63) is 12.7 Å². The molecule has 0 saturated heterocycles. The van der Waals surface area contributed by atoms with Gasteiger partial charge in [0, 0.05) is 0 Å². The van der Waals surface area contributed by atoms with Crippen LogP contribution in [-0.2, 0) is 4.65 Å². The number of aromatic nitrogens is 8. The lowest BCUT2D eigenvalue weighted by molar-refractivity contribution is 0.267. The van der Waals surface area contributed by atoms with Crippen LogP contribution in [0.3, 0.4) is 0 Å². The highest BCUT2D eigenvalue weighted by Gasteiger charge is 2.06. The molecule has 4 N–H and O–H groups in total. The van der Waals surface area contributed by atoms with E-state index in [1.54, 1.807) is 0 Å². The summed E-state index contributed by atoms with van der Waals surface area (Å²) in [5.41, 5.74) is 0. The number of nitrogens with zero attached hydrogens (tertiary/aromatic N) is 7. The van der Waals surface area contributed by atoms with Gasteiger partial charge in [-0.2, -0.15) is 15.7 Å². The number of H-pyrrole nitrogens is 2. The number of hydrogen-bond acceptors (Lipinski definition) is 10. The van der Waals surface area contributed by atoms with Gasteiger partial charge in [-0.25, -0.2) is 0 Å². The van der Waals surface area contributed by atoms with E-state index in [4.69, 9.17) is 15.3 Å². The lowest BCUT2D eigenvalue weighted by Gasteiger charge is -1.83. The summed E-state index contributed by atoms with van der Waals surface area (Å²) in [6.07, 6.45) is 3.73. The zero-order chi connectivity index (χ0) is 12.1. The van der Waals surface area contributed by atoms with Crippen molar-refractivity contribution in [2.45, 2.75) is 0 Å². The molecule has 2 aromatic heterocycles. The average molecular weight is 227 g/mol. The van der Waals surface area contributed by atoms with Crippen LogP contribution in [-0.4, -0.2) is 58.6 Å². The number of tetrazole rings is 2. The SMILES string of the molecule is N#COB(O)O.c1nn[nH]n1.c1nn[nH]n1. The summed E-state index contributed by atoms with van der Waals surface area (Å²) in [4.78, 5) is 0. The first-order chi connectivity index (χ1) is 7.77. The van der Waals surface area contributed by atoms with Crippen molar-refractivity contribution >= 4 is 7.32 Å². The molecule has 13 heteroatoms. The van der Waals surface area contributed by atoms with Gasteiger partial charge >= 0.3 is 7.32 Å². The minimum atomic E-state index is -1.96. The standard InChI is InChI=1S/CH2BNO3.2CH2N4/c3-1-6-2(4)5;2*1-2-4-5-3-1/h4-5H;2*1H,(H,2,3,4,5). The van der Waals surface area contributed by atoms with E-state index in [2.05, 4.69) is 45.9 Å². The first-order valence-corrected chi connectivity index (χ1v) is 3.51. The fraction of sp³-hybridized carbons (Fsp3) is 0. The molecular weight excluding hydrogens is 221 g/mol. The van der Waals surface area contributed by atoms with E-state index in [9.17, 15) is 0 Å². The molecule has 0 fully saturated rings. The van der Waals surface area contributed by atoms with E-state index < -0.39 is 7.32 Å². The molecule has 0 aliphatic rings. The Bertz CT molecular complexity index is 282. The minimum Gasteiger partial charge on any atom is -0.442 e. The Labute approximate surface area is 88.4 Å². The van der Waals surface area contributed by atoms with E-state index in [1.807, 2.05) is 0 Å². The zero-order valence-electron chi connectivity index (χ0n) is 7.67. The summed E-state index contributed by atoms with van der Waals surface area (Å²) >= 11 is 0. The van der Waals surface area contributed by atoms with Crippen molar-refractivity contribution in [3.8, 4) is 6.26 Å². The maximum absolute atomic E-state index is 7.66. The van der Waals surface area contributed by atoms with E-state index in [1.165, 1.54) is 12.7 Å².